The molecule has 1 aromatic rings. The van der Waals surface area contributed by atoms with Crippen molar-refractivity contribution in [2.75, 3.05) is 18.6 Å². The zero-order valence-electron chi connectivity index (χ0n) is 13.0. The number of fused-ring (bicyclic) bond motifs is 1. The molecule has 0 saturated heterocycles. The van der Waals surface area contributed by atoms with Crippen molar-refractivity contribution in [2.24, 2.45) is 5.92 Å². The van der Waals surface area contributed by atoms with Crippen LogP contribution >= 0.6 is 11.8 Å². The zero-order chi connectivity index (χ0) is 14.2. The minimum Gasteiger partial charge on any atom is -0.310 e. The molecule has 0 aromatic heterocycles. The summed E-state index contributed by atoms with van der Waals surface area (Å²) in [5, 5.41) is 3.84. The summed E-state index contributed by atoms with van der Waals surface area (Å²) in [6, 6.07) is 9.68. The minimum absolute atomic E-state index is 0.579. The van der Waals surface area contributed by atoms with Gasteiger partial charge < -0.3 is 5.32 Å². The van der Waals surface area contributed by atoms with E-state index >= 15 is 0 Å². The Morgan fingerprint density at radius 3 is 2.95 bits per heavy atom. The molecule has 2 heteroatoms. The van der Waals surface area contributed by atoms with Crippen LogP contribution < -0.4 is 5.32 Å². The number of rotatable bonds is 7. The lowest BCUT2D eigenvalue weighted by Gasteiger charge is -2.28. The van der Waals surface area contributed by atoms with Gasteiger partial charge in [0.25, 0.3) is 0 Å². The van der Waals surface area contributed by atoms with Gasteiger partial charge in [-0.15, -0.1) is 0 Å². The van der Waals surface area contributed by atoms with Crippen LogP contribution in [0, 0.1) is 5.92 Å². The molecule has 0 bridgehead atoms. The summed E-state index contributed by atoms with van der Waals surface area (Å²) >= 11 is 1.98. The monoisotopic (exact) mass is 291 g/mol. The first-order chi connectivity index (χ1) is 9.86. The van der Waals surface area contributed by atoms with E-state index in [4.69, 9.17) is 0 Å². The first-order valence-corrected chi connectivity index (χ1v) is 9.56. The van der Waals surface area contributed by atoms with Crippen molar-refractivity contribution in [1.29, 1.82) is 0 Å². The second kappa shape index (κ2) is 8.74. The molecule has 1 N–H and O–H groups in total. The molecule has 0 spiro atoms. The van der Waals surface area contributed by atoms with Gasteiger partial charge in [-0.1, -0.05) is 31.2 Å². The van der Waals surface area contributed by atoms with Gasteiger partial charge >= 0.3 is 0 Å². The third kappa shape index (κ3) is 4.26. The highest BCUT2D eigenvalue weighted by Gasteiger charge is 2.26. The standard InChI is InChI=1S/C18H29NS/c1-3-13-19-18-16(11-7-14-20-2)10-6-9-15-8-4-5-12-17(15)18/h4-5,8,12,16,18-19H,3,6-7,9-11,13-14H2,1-2H3. The summed E-state index contributed by atoms with van der Waals surface area (Å²) in [5.41, 5.74) is 3.15. The Morgan fingerprint density at radius 2 is 2.15 bits per heavy atom. The Hall–Kier alpha value is -0.470. The lowest BCUT2D eigenvalue weighted by molar-refractivity contribution is 0.322. The number of hydrogen-bond donors (Lipinski definition) is 1. The van der Waals surface area contributed by atoms with E-state index in [0.29, 0.717) is 6.04 Å². The van der Waals surface area contributed by atoms with Crippen LogP contribution in [-0.4, -0.2) is 18.6 Å². The van der Waals surface area contributed by atoms with E-state index < -0.39 is 0 Å². The summed E-state index contributed by atoms with van der Waals surface area (Å²) in [6.07, 6.45) is 10.2. The Balaban J connectivity index is 2.13. The van der Waals surface area contributed by atoms with Crippen LogP contribution in [-0.2, 0) is 6.42 Å². The molecule has 0 fully saturated rings. The molecular formula is C18H29NS. The molecule has 0 heterocycles. The molecule has 2 atom stereocenters. The molecule has 0 saturated carbocycles. The van der Waals surface area contributed by atoms with Crippen molar-refractivity contribution in [3.8, 4) is 0 Å². The Labute approximate surface area is 128 Å². The zero-order valence-corrected chi connectivity index (χ0v) is 13.8. The minimum atomic E-state index is 0.579. The summed E-state index contributed by atoms with van der Waals surface area (Å²) < 4.78 is 0. The first-order valence-electron chi connectivity index (χ1n) is 8.17. The maximum absolute atomic E-state index is 3.84. The van der Waals surface area contributed by atoms with Crippen LogP contribution in [0.1, 0.15) is 56.2 Å². The number of hydrogen-bond acceptors (Lipinski definition) is 2. The van der Waals surface area contributed by atoms with Crippen molar-refractivity contribution in [2.45, 2.75) is 51.5 Å². The van der Waals surface area contributed by atoms with Gasteiger partial charge in [0.05, 0.1) is 0 Å². The van der Waals surface area contributed by atoms with Gasteiger partial charge in [0.1, 0.15) is 0 Å². The average Bonchev–Trinajstić information content (AvgIpc) is 2.65. The summed E-state index contributed by atoms with van der Waals surface area (Å²) in [6.45, 7) is 3.40. The largest absolute Gasteiger partial charge is 0.310 e. The Bertz CT molecular complexity index is 391. The predicted molar refractivity (Wildman–Crippen MR) is 91.5 cm³/mol. The van der Waals surface area contributed by atoms with E-state index in [1.54, 1.807) is 11.1 Å². The fourth-order valence-corrected chi connectivity index (χ4v) is 3.87. The number of thioether (sulfide) groups is 1. The normalized spacial score (nSPS) is 22.3. The van der Waals surface area contributed by atoms with Crippen LogP contribution in [0.2, 0.25) is 0 Å². The lowest BCUT2D eigenvalue weighted by Crippen LogP contribution is -2.29. The summed E-state index contributed by atoms with van der Waals surface area (Å²) in [4.78, 5) is 0. The van der Waals surface area contributed by atoms with Gasteiger partial charge in [-0.2, -0.15) is 11.8 Å². The predicted octanol–water partition coefficient (Wildman–Crippen LogP) is 4.82. The van der Waals surface area contributed by atoms with E-state index in [0.717, 1.165) is 12.5 Å². The van der Waals surface area contributed by atoms with Gasteiger partial charge in [-0.05, 0) is 74.1 Å². The molecule has 2 unspecified atom stereocenters. The SMILES string of the molecule is CCCNC1c2ccccc2CCCC1CCCSC. The van der Waals surface area contributed by atoms with E-state index in [1.807, 2.05) is 11.8 Å². The van der Waals surface area contributed by atoms with Crippen LogP contribution in [0.15, 0.2) is 24.3 Å². The molecule has 112 valence electrons. The molecule has 2 rings (SSSR count). The van der Waals surface area contributed by atoms with E-state index in [1.165, 1.54) is 44.3 Å². The lowest BCUT2D eigenvalue weighted by atomic mass is 9.87. The van der Waals surface area contributed by atoms with Crippen LogP contribution in [0.25, 0.3) is 0 Å². The van der Waals surface area contributed by atoms with Crippen LogP contribution in [0.4, 0.5) is 0 Å². The van der Waals surface area contributed by atoms with E-state index in [-0.39, 0.29) is 0 Å². The van der Waals surface area contributed by atoms with Crippen molar-refractivity contribution >= 4 is 11.8 Å². The molecule has 1 aromatic carbocycles. The quantitative estimate of drug-likeness (QED) is 0.571. The Kier molecular flexibility index (Phi) is 6.95. The summed E-state index contributed by atoms with van der Waals surface area (Å²) in [7, 11) is 0. The topological polar surface area (TPSA) is 12.0 Å². The molecule has 0 aliphatic heterocycles. The average molecular weight is 292 g/mol. The molecule has 1 aliphatic rings. The van der Waals surface area contributed by atoms with E-state index in [2.05, 4.69) is 42.8 Å². The van der Waals surface area contributed by atoms with Crippen molar-refractivity contribution in [3.63, 3.8) is 0 Å². The molecule has 0 amide bonds. The number of nitrogens with one attached hydrogen (secondary N) is 1. The molecule has 1 aliphatic carbocycles. The third-order valence-corrected chi connectivity index (χ3v) is 5.12. The Morgan fingerprint density at radius 1 is 1.30 bits per heavy atom. The number of benzene rings is 1. The molecule has 0 radical (unpaired) electrons. The van der Waals surface area contributed by atoms with Gasteiger partial charge in [0.2, 0.25) is 0 Å². The number of aryl methyl sites for hydroxylation is 1. The summed E-state index contributed by atoms with van der Waals surface area (Å²) in [5.74, 6) is 2.12. The second-order valence-corrected chi connectivity index (χ2v) is 6.90. The van der Waals surface area contributed by atoms with Gasteiger partial charge in [0, 0.05) is 6.04 Å². The van der Waals surface area contributed by atoms with Gasteiger partial charge in [-0.25, -0.2) is 0 Å². The highest BCUT2D eigenvalue weighted by atomic mass is 32.2. The first kappa shape index (κ1) is 15.9. The second-order valence-electron chi connectivity index (χ2n) is 5.92. The van der Waals surface area contributed by atoms with Crippen LogP contribution in [0.3, 0.4) is 0 Å². The molecule has 20 heavy (non-hydrogen) atoms. The highest BCUT2D eigenvalue weighted by Crippen LogP contribution is 2.36. The van der Waals surface area contributed by atoms with Gasteiger partial charge in [0.15, 0.2) is 0 Å². The fourth-order valence-electron chi connectivity index (χ4n) is 3.42. The molecule has 1 nitrogen and oxygen atoms in total. The van der Waals surface area contributed by atoms with Crippen molar-refractivity contribution < 1.29 is 0 Å². The fraction of sp³-hybridized carbons (Fsp3) is 0.667. The van der Waals surface area contributed by atoms with Crippen molar-refractivity contribution in [1.82, 2.24) is 5.32 Å². The molecular weight excluding hydrogens is 262 g/mol. The van der Waals surface area contributed by atoms with Gasteiger partial charge in [-0.3, -0.25) is 0 Å². The van der Waals surface area contributed by atoms with E-state index in [9.17, 15) is 0 Å². The van der Waals surface area contributed by atoms with Crippen molar-refractivity contribution in [3.05, 3.63) is 35.4 Å². The maximum atomic E-state index is 3.84. The maximum Gasteiger partial charge on any atom is 0.0351 e. The third-order valence-electron chi connectivity index (χ3n) is 4.42. The smallest absolute Gasteiger partial charge is 0.0351 e. The van der Waals surface area contributed by atoms with Crippen LogP contribution in [0.5, 0.6) is 0 Å². The highest BCUT2D eigenvalue weighted by molar-refractivity contribution is 7.98.